The van der Waals surface area contributed by atoms with E-state index in [0.29, 0.717) is 10.8 Å². The van der Waals surface area contributed by atoms with Crippen LogP contribution in [-0.4, -0.2) is 24.6 Å². The highest BCUT2D eigenvalue weighted by Gasteiger charge is 2.21. The van der Waals surface area contributed by atoms with Gasteiger partial charge in [-0.2, -0.15) is 0 Å². The average Bonchev–Trinajstić information content (AvgIpc) is 2.02. The van der Waals surface area contributed by atoms with Gasteiger partial charge in [-0.25, -0.2) is 0 Å². The Morgan fingerprint density at radius 3 is 2.55 bits per heavy atom. The summed E-state index contributed by atoms with van der Waals surface area (Å²) in [6.45, 7) is 2.48. The van der Waals surface area contributed by atoms with Crippen molar-refractivity contribution in [3.05, 3.63) is 0 Å². The number of halogens is 1. The van der Waals surface area contributed by atoms with Gasteiger partial charge in [-0.3, -0.25) is 14.4 Å². The van der Waals surface area contributed by atoms with Crippen molar-refractivity contribution in [1.29, 1.82) is 0 Å². The Kier molecular flexibility index (Phi) is 6.85. The lowest BCUT2D eigenvalue weighted by Gasteiger charge is -2.14. The molecule has 1 atom stereocenters. The number of hydrogen-bond donors (Lipinski definition) is 1. The summed E-state index contributed by atoms with van der Waals surface area (Å²) in [5.74, 6) is 0. The first-order valence-electron chi connectivity index (χ1n) is 3.27. The first kappa shape index (κ1) is 11.8. The fraction of sp³-hybridized carbons (Fsp3) is 1.00. The zero-order valence-corrected chi connectivity index (χ0v) is 9.72. The fourth-order valence-electron chi connectivity index (χ4n) is 0.466. The maximum absolute atomic E-state index is 11.4. The highest BCUT2D eigenvalue weighted by molar-refractivity contribution is 14.1. The van der Waals surface area contributed by atoms with E-state index in [1.165, 1.54) is 0 Å². The van der Waals surface area contributed by atoms with Gasteiger partial charge in [-0.05, 0) is 14.0 Å². The van der Waals surface area contributed by atoms with Gasteiger partial charge in [-0.15, -0.1) is 0 Å². The molecule has 0 bridgehead atoms. The van der Waals surface area contributed by atoms with Crippen molar-refractivity contribution < 1.29 is 13.6 Å². The van der Waals surface area contributed by atoms with Crippen LogP contribution in [0.4, 0.5) is 0 Å². The third kappa shape index (κ3) is 5.14. The molecule has 0 spiro atoms. The first-order chi connectivity index (χ1) is 5.18. The van der Waals surface area contributed by atoms with E-state index in [2.05, 4.69) is 5.32 Å². The molecule has 6 heteroatoms. The van der Waals surface area contributed by atoms with Crippen molar-refractivity contribution in [2.24, 2.45) is 0 Å². The summed E-state index contributed by atoms with van der Waals surface area (Å²) in [7, 11) is -1.07. The predicted molar refractivity (Wildman–Crippen MR) is 53.1 cm³/mol. The lowest BCUT2D eigenvalue weighted by Crippen LogP contribution is -2.11. The molecule has 1 unspecified atom stereocenters. The smallest absolute Gasteiger partial charge is 0.308 e. The van der Waals surface area contributed by atoms with E-state index in [1.54, 1.807) is 14.0 Å². The highest BCUT2D eigenvalue weighted by Crippen LogP contribution is 2.49. The molecule has 0 fully saturated rings. The number of nitrogens with one attached hydrogen (secondary N) is 1. The Morgan fingerprint density at radius 2 is 2.18 bits per heavy atom. The Morgan fingerprint density at radius 1 is 1.55 bits per heavy atom. The minimum Gasteiger partial charge on any atom is -0.308 e. The normalized spacial score (nSPS) is 16.3. The SMILES string of the molecule is CCOP(=O)(CI)OCNC. The van der Waals surface area contributed by atoms with Gasteiger partial charge >= 0.3 is 7.60 Å². The molecular formula is C5H13INO3P. The first-order valence-corrected chi connectivity index (χ1v) is 6.52. The molecule has 0 heterocycles. The Labute approximate surface area is 80.7 Å². The lowest BCUT2D eigenvalue weighted by atomic mass is 10.9. The van der Waals surface area contributed by atoms with E-state index in [4.69, 9.17) is 9.05 Å². The molecule has 0 aromatic carbocycles. The molecule has 0 saturated heterocycles. The zero-order chi connectivity index (χ0) is 8.74. The van der Waals surface area contributed by atoms with Crippen LogP contribution in [0.1, 0.15) is 6.92 Å². The van der Waals surface area contributed by atoms with E-state index >= 15 is 0 Å². The molecule has 0 aromatic rings. The van der Waals surface area contributed by atoms with E-state index in [1.807, 2.05) is 22.6 Å². The number of alkyl halides is 1. The molecule has 4 nitrogen and oxygen atoms in total. The monoisotopic (exact) mass is 293 g/mol. The summed E-state index contributed by atoms with van der Waals surface area (Å²) >= 11 is 1.99. The van der Waals surface area contributed by atoms with Crippen LogP contribution in [0.2, 0.25) is 0 Å². The molecule has 0 rings (SSSR count). The third-order valence-electron chi connectivity index (χ3n) is 0.878. The molecule has 11 heavy (non-hydrogen) atoms. The lowest BCUT2D eigenvalue weighted by molar-refractivity contribution is 0.207. The van der Waals surface area contributed by atoms with Crippen LogP contribution in [-0.2, 0) is 13.6 Å². The second kappa shape index (κ2) is 6.37. The van der Waals surface area contributed by atoms with Crippen LogP contribution in [0.5, 0.6) is 0 Å². The van der Waals surface area contributed by atoms with Crippen molar-refractivity contribution in [2.45, 2.75) is 6.92 Å². The zero-order valence-electron chi connectivity index (χ0n) is 6.67. The molecule has 0 amide bonds. The minimum atomic E-state index is -2.79. The van der Waals surface area contributed by atoms with Crippen LogP contribution in [0.25, 0.3) is 0 Å². The molecule has 0 aliphatic rings. The van der Waals surface area contributed by atoms with E-state index < -0.39 is 7.60 Å². The molecule has 0 saturated carbocycles. The minimum absolute atomic E-state index is 0.264. The molecule has 0 aromatic heterocycles. The van der Waals surface area contributed by atoms with Crippen LogP contribution < -0.4 is 5.32 Å². The molecular weight excluding hydrogens is 280 g/mol. The Hall–Kier alpha value is 0.840. The third-order valence-corrected chi connectivity index (χ3v) is 4.85. The van der Waals surface area contributed by atoms with Gasteiger partial charge in [0.1, 0.15) is 10.9 Å². The van der Waals surface area contributed by atoms with Crippen molar-refractivity contribution in [2.75, 3.05) is 24.6 Å². The van der Waals surface area contributed by atoms with E-state index in [0.717, 1.165) is 0 Å². The maximum atomic E-state index is 11.4. The van der Waals surface area contributed by atoms with Crippen LogP contribution in [0.3, 0.4) is 0 Å². The average molecular weight is 293 g/mol. The van der Waals surface area contributed by atoms with Gasteiger partial charge in [0.2, 0.25) is 0 Å². The van der Waals surface area contributed by atoms with Gasteiger partial charge < -0.3 is 4.52 Å². The number of hydrogen-bond acceptors (Lipinski definition) is 4. The van der Waals surface area contributed by atoms with Gasteiger partial charge in [0.25, 0.3) is 0 Å². The quantitative estimate of drug-likeness (QED) is 0.351. The second-order valence-electron chi connectivity index (χ2n) is 1.78. The van der Waals surface area contributed by atoms with Gasteiger partial charge in [0.05, 0.1) is 6.61 Å². The highest BCUT2D eigenvalue weighted by atomic mass is 127. The summed E-state index contributed by atoms with van der Waals surface area (Å²) < 4.78 is 21.8. The predicted octanol–water partition coefficient (Wildman–Crippen LogP) is 1.80. The van der Waals surface area contributed by atoms with Gasteiger partial charge in [0, 0.05) is 0 Å². The maximum Gasteiger partial charge on any atom is 0.341 e. The van der Waals surface area contributed by atoms with Crippen molar-refractivity contribution >= 4 is 30.2 Å². The topological polar surface area (TPSA) is 47.6 Å². The van der Waals surface area contributed by atoms with Crippen LogP contribution in [0, 0.1) is 0 Å². The summed E-state index contributed by atoms with van der Waals surface area (Å²) in [5, 5.41) is 2.74. The Balaban J connectivity index is 3.79. The van der Waals surface area contributed by atoms with E-state index in [9.17, 15) is 4.57 Å². The van der Waals surface area contributed by atoms with Gasteiger partial charge in [0.15, 0.2) is 0 Å². The molecule has 0 aliphatic heterocycles. The summed E-state index contributed by atoms with van der Waals surface area (Å²) in [5.41, 5.74) is 0. The fourth-order valence-corrected chi connectivity index (χ4v) is 2.58. The summed E-state index contributed by atoms with van der Waals surface area (Å²) in [6, 6.07) is 0. The van der Waals surface area contributed by atoms with Crippen LogP contribution in [0.15, 0.2) is 0 Å². The summed E-state index contributed by atoms with van der Waals surface area (Å²) in [4.78, 5) is 0. The van der Waals surface area contributed by atoms with Crippen molar-refractivity contribution in [1.82, 2.24) is 5.32 Å². The molecule has 0 aliphatic carbocycles. The van der Waals surface area contributed by atoms with Crippen molar-refractivity contribution in [3.8, 4) is 0 Å². The molecule has 68 valence electrons. The van der Waals surface area contributed by atoms with E-state index in [-0.39, 0.29) is 6.73 Å². The van der Waals surface area contributed by atoms with Crippen molar-refractivity contribution in [3.63, 3.8) is 0 Å². The summed E-state index contributed by atoms with van der Waals surface area (Å²) in [6.07, 6.45) is 0. The second-order valence-corrected chi connectivity index (χ2v) is 5.80. The number of rotatable bonds is 6. The largest absolute Gasteiger partial charge is 0.341 e. The molecule has 0 radical (unpaired) electrons. The standard InChI is InChI=1S/C5H13INO3P/c1-3-9-11(8,4-6)10-5-7-2/h7H,3-5H2,1-2H3. The molecule has 1 N–H and O–H groups in total. The van der Waals surface area contributed by atoms with Crippen LogP contribution >= 0.6 is 30.2 Å². The van der Waals surface area contributed by atoms with Gasteiger partial charge in [-0.1, -0.05) is 22.6 Å². The Bertz CT molecular complexity index is 144.